The van der Waals surface area contributed by atoms with E-state index < -0.39 is 0 Å². The molecule has 0 spiro atoms. The van der Waals surface area contributed by atoms with Crippen LogP contribution in [0.15, 0.2) is 48.5 Å². The molecule has 134 valence electrons. The van der Waals surface area contributed by atoms with Crippen molar-refractivity contribution in [2.24, 2.45) is 0 Å². The van der Waals surface area contributed by atoms with Gasteiger partial charge in [0.2, 0.25) is 0 Å². The van der Waals surface area contributed by atoms with Gasteiger partial charge >= 0.3 is 0 Å². The van der Waals surface area contributed by atoms with Crippen molar-refractivity contribution < 1.29 is 0 Å². The van der Waals surface area contributed by atoms with E-state index in [1.54, 1.807) is 0 Å². The quantitative estimate of drug-likeness (QED) is 0.609. The molecule has 0 atom stereocenters. The van der Waals surface area contributed by atoms with Crippen LogP contribution in [0.25, 0.3) is 0 Å². The van der Waals surface area contributed by atoms with E-state index in [1.807, 2.05) is 24.3 Å². The van der Waals surface area contributed by atoms with Gasteiger partial charge < -0.3 is 21.7 Å². The number of anilines is 4. The fourth-order valence-corrected chi connectivity index (χ4v) is 4.04. The van der Waals surface area contributed by atoms with Crippen LogP contribution in [0.2, 0.25) is 0 Å². The lowest BCUT2D eigenvalue weighted by molar-refractivity contribution is 0.170. The number of nitrogen functional groups attached to an aromatic ring is 1. The maximum absolute atomic E-state index is 5.73. The molecule has 2 aromatic rings. The zero-order valence-electron chi connectivity index (χ0n) is 15.7. The Hall–Kier alpha value is -2.20. The topological polar surface area (TPSA) is 62.1 Å². The SMILES string of the molecule is CC1(C)CC(Nc2ccc(Nc3ccc(N)cc3)cc2)CC(C)(C)N1. The Morgan fingerprint density at radius 3 is 1.76 bits per heavy atom. The van der Waals surface area contributed by atoms with Gasteiger partial charge in [-0.1, -0.05) is 0 Å². The predicted molar refractivity (Wildman–Crippen MR) is 109 cm³/mol. The molecular formula is C21H30N4. The molecule has 0 radical (unpaired) electrons. The Kier molecular flexibility index (Phi) is 4.65. The van der Waals surface area contributed by atoms with Gasteiger partial charge in [0.25, 0.3) is 0 Å². The third-order valence-corrected chi connectivity index (χ3v) is 4.65. The second kappa shape index (κ2) is 6.60. The smallest absolute Gasteiger partial charge is 0.0385 e. The molecule has 4 nitrogen and oxygen atoms in total. The van der Waals surface area contributed by atoms with Crippen molar-refractivity contribution >= 4 is 22.7 Å². The molecule has 0 aliphatic carbocycles. The van der Waals surface area contributed by atoms with Gasteiger partial charge in [-0.2, -0.15) is 0 Å². The molecule has 1 aliphatic heterocycles. The highest BCUT2D eigenvalue weighted by atomic mass is 15.1. The Morgan fingerprint density at radius 1 is 0.800 bits per heavy atom. The van der Waals surface area contributed by atoms with Crippen molar-refractivity contribution in [1.29, 1.82) is 0 Å². The molecule has 0 aromatic heterocycles. The van der Waals surface area contributed by atoms with Gasteiger partial charge in [-0.15, -0.1) is 0 Å². The Balaban J connectivity index is 1.63. The zero-order chi connectivity index (χ0) is 18.1. The minimum Gasteiger partial charge on any atom is -0.399 e. The standard InChI is InChI=1S/C21H30N4/c1-20(2)13-19(14-21(3,4)25-20)24-18-11-9-17(10-12-18)23-16-7-5-15(22)6-8-16/h5-12,19,23-25H,13-14,22H2,1-4H3. The third kappa shape index (κ3) is 4.89. The van der Waals surface area contributed by atoms with Crippen LogP contribution in [-0.4, -0.2) is 17.1 Å². The van der Waals surface area contributed by atoms with E-state index in [4.69, 9.17) is 5.73 Å². The van der Waals surface area contributed by atoms with E-state index in [0.29, 0.717) is 6.04 Å². The molecule has 1 fully saturated rings. The van der Waals surface area contributed by atoms with Crippen molar-refractivity contribution in [2.45, 2.75) is 57.7 Å². The lowest BCUT2D eigenvalue weighted by Gasteiger charge is -2.47. The number of hydrogen-bond acceptors (Lipinski definition) is 4. The summed E-state index contributed by atoms with van der Waals surface area (Å²) in [6, 6.07) is 16.7. The summed E-state index contributed by atoms with van der Waals surface area (Å²) in [4.78, 5) is 0. The normalized spacial score (nSPS) is 19.4. The molecule has 0 bridgehead atoms. The second-order valence-corrected chi connectivity index (χ2v) is 8.47. The molecule has 0 amide bonds. The van der Waals surface area contributed by atoms with Crippen molar-refractivity contribution in [3.63, 3.8) is 0 Å². The molecule has 1 heterocycles. The Labute approximate surface area is 151 Å². The Bertz CT molecular complexity index is 686. The number of rotatable bonds is 4. The number of piperidine rings is 1. The lowest BCUT2D eigenvalue weighted by atomic mass is 9.79. The van der Waals surface area contributed by atoms with Crippen molar-refractivity contribution in [3.8, 4) is 0 Å². The van der Waals surface area contributed by atoms with Crippen LogP contribution >= 0.6 is 0 Å². The van der Waals surface area contributed by atoms with Gasteiger partial charge in [-0.3, -0.25) is 0 Å². The summed E-state index contributed by atoms with van der Waals surface area (Å²) < 4.78 is 0. The van der Waals surface area contributed by atoms with E-state index >= 15 is 0 Å². The van der Waals surface area contributed by atoms with Gasteiger partial charge in [-0.25, -0.2) is 0 Å². The van der Waals surface area contributed by atoms with Crippen LogP contribution in [-0.2, 0) is 0 Å². The number of hydrogen-bond donors (Lipinski definition) is 4. The summed E-state index contributed by atoms with van der Waals surface area (Å²) in [5.74, 6) is 0. The van der Waals surface area contributed by atoms with Crippen LogP contribution in [0.3, 0.4) is 0 Å². The molecule has 1 aliphatic rings. The number of nitrogens with two attached hydrogens (primary N) is 1. The first-order chi connectivity index (χ1) is 11.7. The van der Waals surface area contributed by atoms with E-state index in [2.05, 4.69) is 67.9 Å². The summed E-state index contributed by atoms with van der Waals surface area (Å²) in [5, 5.41) is 10.8. The molecular weight excluding hydrogens is 308 g/mol. The molecule has 1 saturated heterocycles. The van der Waals surface area contributed by atoms with Crippen LogP contribution in [0.4, 0.5) is 22.7 Å². The summed E-state index contributed by atoms with van der Waals surface area (Å²) in [6.07, 6.45) is 2.23. The summed E-state index contributed by atoms with van der Waals surface area (Å²) in [6.45, 7) is 9.12. The average Bonchev–Trinajstić information content (AvgIpc) is 2.48. The molecule has 4 heteroatoms. The summed E-state index contributed by atoms with van der Waals surface area (Å²) >= 11 is 0. The van der Waals surface area contributed by atoms with Gasteiger partial charge in [0.15, 0.2) is 0 Å². The minimum absolute atomic E-state index is 0.149. The maximum atomic E-state index is 5.73. The molecule has 0 saturated carbocycles. The van der Waals surface area contributed by atoms with Crippen LogP contribution < -0.4 is 21.7 Å². The third-order valence-electron chi connectivity index (χ3n) is 4.65. The van der Waals surface area contributed by atoms with Crippen molar-refractivity contribution in [1.82, 2.24) is 5.32 Å². The second-order valence-electron chi connectivity index (χ2n) is 8.47. The lowest BCUT2D eigenvalue weighted by Crippen LogP contribution is -2.60. The monoisotopic (exact) mass is 338 g/mol. The summed E-state index contributed by atoms with van der Waals surface area (Å²) in [7, 11) is 0. The highest BCUT2D eigenvalue weighted by Gasteiger charge is 2.37. The first-order valence-corrected chi connectivity index (χ1v) is 8.99. The van der Waals surface area contributed by atoms with Gasteiger partial charge in [0, 0.05) is 39.9 Å². The molecule has 3 rings (SSSR count). The van der Waals surface area contributed by atoms with Crippen molar-refractivity contribution in [3.05, 3.63) is 48.5 Å². The molecule has 25 heavy (non-hydrogen) atoms. The largest absolute Gasteiger partial charge is 0.399 e. The number of nitrogens with one attached hydrogen (secondary N) is 3. The van der Waals surface area contributed by atoms with Gasteiger partial charge in [-0.05, 0) is 89.1 Å². The highest BCUT2D eigenvalue weighted by Crippen LogP contribution is 2.31. The predicted octanol–water partition coefficient (Wildman–Crippen LogP) is 4.73. The van der Waals surface area contributed by atoms with Crippen LogP contribution in [0.5, 0.6) is 0 Å². The van der Waals surface area contributed by atoms with Crippen LogP contribution in [0.1, 0.15) is 40.5 Å². The average molecular weight is 338 g/mol. The highest BCUT2D eigenvalue weighted by molar-refractivity contribution is 5.64. The minimum atomic E-state index is 0.149. The first-order valence-electron chi connectivity index (χ1n) is 8.99. The number of benzene rings is 2. The molecule has 5 N–H and O–H groups in total. The van der Waals surface area contributed by atoms with E-state index in [0.717, 1.165) is 29.9 Å². The van der Waals surface area contributed by atoms with E-state index in [1.165, 1.54) is 5.69 Å². The maximum Gasteiger partial charge on any atom is 0.0385 e. The molecule has 2 aromatic carbocycles. The first kappa shape index (κ1) is 17.6. The molecule has 0 unspecified atom stereocenters. The van der Waals surface area contributed by atoms with Gasteiger partial charge in [0.05, 0.1) is 0 Å². The van der Waals surface area contributed by atoms with E-state index in [9.17, 15) is 0 Å². The van der Waals surface area contributed by atoms with Gasteiger partial charge in [0.1, 0.15) is 0 Å². The fourth-order valence-electron chi connectivity index (χ4n) is 4.04. The van der Waals surface area contributed by atoms with Crippen LogP contribution in [0, 0.1) is 0 Å². The van der Waals surface area contributed by atoms with Crippen molar-refractivity contribution in [2.75, 3.05) is 16.4 Å². The fraction of sp³-hybridized carbons (Fsp3) is 0.429. The Morgan fingerprint density at radius 2 is 1.24 bits per heavy atom. The van der Waals surface area contributed by atoms with E-state index in [-0.39, 0.29) is 11.1 Å². The summed E-state index contributed by atoms with van der Waals surface area (Å²) in [5.41, 5.74) is 10.1. The zero-order valence-corrected chi connectivity index (χ0v) is 15.7.